The Hall–Kier alpha value is -1.40. The quantitative estimate of drug-likeness (QED) is 0.845. The minimum Gasteiger partial charge on any atom is -0.352 e. The number of primary sulfonamides is 1. The number of aryl methyl sites for hydroxylation is 1. The highest BCUT2D eigenvalue weighted by Crippen LogP contribution is 2.27. The summed E-state index contributed by atoms with van der Waals surface area (Å²) in [6.45, 7) is 2.57. The molecule has 2 rings (SSSR count). The molecule has 1 fully saturated rings. The van der Waals surface area contributed by atoms with Gasteiger partial charge in [-0.1, -0.05) is 13.0 Å². The van der Waals surface area contributed by atoms with Gasteiger partial charge in [0.1, 0.15) is 0 Å². The van der Waals surface area contributed by atoms with Gasteiger partial charge in [0.05, 0.1) is 4.90 Å². The van der Waals surface area contributed by atoms with Crippen LogP contribution in [-0.4, -0.2) is 20.9 Å². The third-order valence-corrected chi connectivity index (χ3v) is 4.19. The molecule has 5 nitrogen and oxygen atoms in total. The SMILES string of the molecule is CCc1ccc(S(N)(=O)=O)cc1C(=O)NCC1CC1. The fraction of sp³-hybridized carbons (Fsp3) is 0.462. The molecule has 0 aromatic heterocycles. The van der Waals surface area contributed by atoms with Crippen molar-refractivity contribution in [3.05, 3.63) is 29.3 Å². The second kappa shape index (κ2) is 5.30. The zero-order valence-corrected chi connectivity index (χ0v) is 11.7. The van der Waals surface area contributed by atoms with Gasteiger partial charge < -0.3 is 5.32 Å². The van der Waals surface area contributed by atoms with E-state index in [9.17, 15) is 13.2 Å². The minimum absolute atomic E-state index is 0.0266. The summed E-state index contributed by atoms with van der Waals surface area (Å²) in [5, 5.41) is 7.93. The van der Waals surface area contributed by atoms with E-state index in [1.165, 1.54) is 12.1 Å². The molecule has 0 atom stereocenters. The summed E-state index contributed by atoms with van der Waals surface area (Å²) < 4.78 is 22.7. The van der Waals surface area contributed by atoms with Crippen molar-refractivity contribution < 1.29 is 13.2 Å². The second-order valence-corrected chi connectivity index (χ2v) is 6.43. The number of hydrogen-bond acceptors (Lipinski definition) is 3. The Bertz CT molecular complexity index is 592. The van der Waals surface area contributed by atoms with E-state index in [1.807, 2.05) is 6.92 Å². The normalized spacial score (nSPS) is 15.3. The lowest BCUT2D eigenvalue weighted by atomic mass is 10.0. The molecule has 1 amide bonds. The molecule has 19 heavy (non-hydrogen) atoms. The number of carbonyl (C=O) groups is 1. The van der Waals surface area contributed by atoms with Crippen LogP contribution in [0.1, 0.15) is 35.7 Å². The van der Waals surface area contributed by atoms with Gasteiger partial charge in [0.25, 0.3) is 5.91 Å². The first-order valence-corrected chi connectivity index (χ1v) is 7.90. The highest BCUT2D eigenvalue weighted by atomic mass is 32.2. The predicted octanol–water partition coefficient (Wildman–Crippen LogP) is 1.04. The zero-order valence-electron chi connectivity index (χ0n) is 10.8. The minimum atomic E-state index is -3.78. The summed E-state index contributed by atoms with van der Waals surface area (Å²) in [5.41, 5.74) is 1.22. The first kappa shape index (κ1) is 14.0. The summed E-state index contributed by atoms with van der Waals surface area (Å²) in [5.74, 6) is 0.352. The van der Waals surface area contributed by atoms with Crippen LogP contribution in [0.5, 0.6) is 0 Å². The van der Waals surface area contributed by atoms with Gasteiger partial charge in [-0.25, -0.2) is 13.6 Å². The lowest BCUT2D eigenvalue weighted by Crippen LogP contribution is -2.27. The Morgan fingerprint density at radius 1 is 1.42 bits per heavy atom. The topological polar surface area (TPSA) is 89.3 Å². The van der Waals surface area contributed by atoms with Crippen LogP contribution in [0.15, 0.2) is 23.1 Å². The van der Waals surface area contributed by atoms with Gasteiger partial charge in [-0.15, -0.1) is 0 Å². The maximum Gasteiger partial charge on any atom is 0.251 e. The van der Waals surface area contributed by atoms with Gasteiger partial charge in [0, 0.05) is 12.1 Å². The predicted molar refractivity (Wildman–Crippen MR) is 72.3 cm³/mol. The van der Waals surface area contributed by atoms with E-state index in [2.05, 4.69) is 5.32 Å². The smallest absolute Gasteiger partial charge is 0.251 e. The number of hydrogen-bond donors (Lipinski definition) is 2. The van der Waals surface area contributed by atoms with Crippen molar-refractivity contribution in [2.45, 2.75) is 31.1 Å². The highest BCUT2D eigenvalue weighted by molar-refractivity contribution is 7.89. The molecule has 1 aliphatic carbocycles. The van der Waals surface area contributed by atoms with Crippen molar-refractivity contribution in [3.63, 3.8) is 0 Å². The third-order valence-electron chi connectivity index (χ3n) is 3.28. The number of rotatable bonds is 5. The molecule has 0 radical (unpaired) electrons. The van der Waals surface area contributed by atoms with Gasteiger partial charge in [-0.05, 0) is 42.9 Å². The van der Waals surface area contributed by atoms with E-state index >= 15 is 0 Å². The molecule has 1 aromatic rings. The van der Waals surface area contributed by atoms with Crippen molar-refractivity contribution >= 4 is 15.9 Å². The summed E-state index contributed by atoms with van der Waals surface area (Å²) in [6.07, 6.45) is 2.97. The van der Waals surface area contributed by atoms with E-state index in [-0.39, 0.29) is 10.8 Å². The Labute approximate surface area is 113 Å². The first-order valence-electron chi connectivity index (χ1n) is 6.35. The average Bonchev–Trinajstić information content (AvgIpc) is 3.18. The molecule has 0 saturated heterocycles. The van der Waals surface area contributed by atoms with E-state index in [0.717, 1.165) is 18.4 Å². The molecule has 3 N–H and O–H groups in total. The summed E-state index contributed by atoms with van der Waals surface area (Å²) in [6, 6.07) is 4.44. The van der Waals surface area contributed by atoms with E-state index in [4.69, 9.17) is 5.14 Å². The van der Waals surface area contributed by atoms with Crippen LogP contribution >= 0.6 is 0 Å². The zero-order chi connectivity index (χ0) is 14.0. The molecule has 0 aliphatic heterocycles. The maximum absolute atomic E-state index is 12.1. The molecule has 104 valence electrons. The van der Waals surface area contributed by atoms with Crippen LogP contribution in [0.4, 0.5) is 0 Å². The molecule has 0 spiro atoms. The van der Waals surface area contributed by atoms with Crippen molar-refractivity contribution in [1.82, 2.24) is 5.32 Å². The van der Waals surface area contributed by atoms with Gasteiger partial charge in [0.2, 0.25) is 10.0 Å². The summed E-state index contributed by atoms with van der Waals surface area (Å²) in [4.78, 5) is 12.1. The molecule has 1 aliphatic rings. The van der Waals surface area contributed by atoms with E-state index in [1.54, 1.807) is 6.07 Å². The number of carbonyl (C=O) groups excluding carboxylic acids is 1. The van der Waals surface area contributed by atoms with Gasteiger partial charge in [-0.3, -0.25) is 4.79 Å². The van der Waals surface area contributed by atoms with Crippen molar-refractivity contribution in [2.24, 2.45) is 11.1 Å². The van der Waals surface area contributed by atoms with E-state index in [0.29, 0.717) is 24.4 Å². The highest BCUT2D eigenvalue weighted by Gasteiger charge is 2.23. The number of nitrogens with one attached hydrogen (secondary N) is 1. The number of nitrogens with two attached hydrogens (primary N) is 1. The van der Waals surface area contributed by atoms with Crippen LogP contribution in [0.3, 0.4) is 0 Å². The van der Waals surface area contributed by atoms with Crippen LogP contribution in [0.25, 0.3) is 0 Å². The maximum atomic E-state index is 12.1. The molecular weight excluding hydrogens is 264 g/mol. The Morgan fingerprint density at radius 2 is 2.11 bits per heavy atom. The van der Waals surface area contributed by atoms with Gasteiger partial charge >= 0.3 is 0 Å². The molecule has 0 unspecified atom stereocenters. The molecule has 6 heteroatoms. The Kier molecular flexibility index (Phi) is 3.91. The van der Waals surface area contributed by atoms with Gasteiger partial charge in [-0.2, -0.15) is 0 Å². The van der Waals surface area contributed by atoms with Crippen molar-refractivity contribution in [2.75, 3.05) is 6.54 Å². The average molecular weight is 282 g/mol. The van der Waals surface area contributed by atoms with Crippen LogP contribution in [0, 0.1) is 5.92 Å². The molecule has 1 saturated carbocycles. The van der Waals surface area contributed by atoms with Crippen LogP contribution in [0.2, 0.25) is 0 Å². The molecule has 0 heterocycles. The summed E-state index contributed by atoms with van der Waals surface area (Å²) >= 11 is 0. The third kappa shape index (κ3) is 3.54. The summed E-state index contributed by atoms with van der Waals surface area (Å²) in [7, 11) is -3.78. The number of benzene rings is 1. The van der Waals surface area contributed by atoms with Gasteiger partial charge in [0.15, 0.2) is 0 Å². The fourth-order valence-corrected chi connectivity index (χ4v) is 2.45. The van der Waals surface area contributed by atoms with Crippen LogP contribution in [-0.2, 0) is 16.4 Å². The monoisotopic (exact) mass is 282 g/mol. The molecular formula is C13H18N2O3S. The van der Waals surface area contributed by atoms with E-state index < -0.39 is 10.0 Å². The molecule has 1 aromatic carbocycles. The number of amides is 1. The first-order chi connectivity index (χ1) is 8.91. The fourth-order valence-electron chi connectivity index (χ4n) is 1.91. The van der Waals surface area contributed by atoms with Crippen LogP contribution < -0.4 is 10.5 Å². The lowest BCUT2D eigenvalue weighted by Gasteiger charge is -2.10. The largest absolute Gasteiger partial charge is 0.352 e. The van der Waals surface area contributed by atoms with Crippen molar-refractivity contribution in [3.8, 4) is 0 Å². The lowest BCUT2D eigenvalue weighted by molar-refractivity contribution is 0.0950. The Morgan fingerprint density at radius 3 is 2.63 bits per heavy atom. The second-order valence-electron chi connectivity index (χ2n) is 4.87. The number of sulfonamides is 1. The standard InChI is InChI=1S/C13H18N2O3S/c1-2-10-5-6-11(19(14,17)18)7-12(10)13(16)15-8-9-3-4-9/h5-7,9H,2-4,8H2,1H3,(H,15,16)(H2,14,17,18). The molecule has 0 bridgehead atoms. The van der Waals surface area contributed by atoms with Crippen molar-refractivity contribution in [1.29, 1.82) is 0 Å². The Balaban J connectivity index is 2.26.